The average molecular weight is 421 g/mol. The number of carboxylic acid groups (broad SMARTS) is 1. The van der Waals surface area contributed by atoms with Crippen molar-refractivity contribution in [3.8, 4) is 5.75 Å². The smallest absolute Gasteiger partial charge is 0.356 e. The van der Waals surface area contributed by atoms with Gasteiger partial charge in [-0.25, -0.2) is 14.8 Å². The fraction of sp³-hybridized carbons (Fsp3) is 0.125. The van der Waals surface area contributed by atoms with Gasteiger partial charge in [-0.3, -0.25) is 4.99 Å². The maximum atomic E-state index is 12.3. The minimum Gasteiger partial charge on any atom is -0.480 e. The summed E-state index contributed by atoms with van der Waals surface area (Å²) in [4.78, 5) is 23.4. The normalized spacial score (nSPS) is 17.0. The number of nitrogens with zero attached hydrogens (tertiary/aromatic N) is 3. The van der Waals surface area contributed by atoms with Gasteiger partial charge in [0.1, 0.15) is 15.8 Å². The number of hydrogen-bond donors (Lipinski definition) is 1. The summed E-state index contributed by atoms with van der Waals surface area (Å²) in [5, 5.41) is 10.0. The largest absolute Gasteiger partial charge is 0.480 e. The van der Waals surface area contributed by atoms with E-state index in [0.29, 0.717) is 26.0 Å². The van der Waals surface area contributed by atoms with Crippen LogP contribution in [0.15, 0.2) is 52.6 Å². The number of aliphatic carboxylic acids is 1. The van der Waals surface area contributed by atoms with E-state index in [1.54, 1.807) is 24.3 Å². The van der Waals surface area contributed by atoms with Gasteiger partial charge in [0.25, 0.3) is 0 Å². The Morgan fingerprint density at radius 2 is 2.11 bits per heavy atom. The van der Waals surface area contributed by atoms with E-state index in [1.165, 1.54) is 41.4 Å². The van der Waals surface area contributed by atoms with Crippen LogP contribution in [0.4, 0.5) is 0 Å². The van der Waals surface area contributed by atoms with Crippen LogP contribution in [-0.2, 0) is 14.9 Å². The summed E-state index contributed by atoms with van der Waals surface area (Å²) in [5.41, 5.74) is 0.652. The topological polar surface area (TPSA) is 119 Å². The van der Waals surface area contributed by atoms with Crippen LogP contribution in [0.1, 0.15) is 5.01 Å². The Kier molecular flexibility index (Phi) is 4.58. The molecule has 8 nitrogen and oxygen atoms in total. The van der Waals surface area contributed by atoms with E-state index in [9.17, 15) is 13.2 Å². The third kappa shape index (κ3) is 3.66. The Morgan fingerprint density at radius 3 is 2.81 bits per heavy atom. The maximum absolute atomic E-state index is 12.3. The highest BCUT2D eigenvalue weighted by molar-refractivity contribution is 8.15. The molecule has 0 aliphatic carbocycles. The molecule has 0 saturated carbocycles. The molecule has 138 valence electrons. The number of pyridine rings is 1. The molecule has 4 rings (SSSR count). The Hall–Kier alpha value is -2.50. The molecule has 3 aromatic rings. The molecule has 1 N–H and O–H groups in total. The third-order valence-corrected chi connectivity index (χ3v) is 6.95. The second-order valence-electron chi connectivity index (χ2n) is 5.45. The van der Waals surface area contributed by atoms with E-state index in [4.69, 9.17) is 9.29 Å². The van der Waals surface area contributed by atoms with Crippen molar-refractivity contribution in [2.45, 2.75) is 11.1 Å². The number of carboxylic acids is 1. The number of aliphatic imine (C=N–C) groups is 1. The Balaban J connectivity index is 1.62. The molecule has 1 aliphatic heterocycles. The van der Waals surface area contributed by atoms with E-state index < -0.39 is 22.1 Å². The molecule has 1 aliphatic rings. The van der Waals surface area contributed by atoms with Crippen molar-refractivity contribution in [3.63, 3.8) is 0 Å². The predicted molar refractivity (Wildman–Crippen MR) is 102 cm³/mol. The second-order valence-corrected chi connectivity index (χ2v) is 8.99. The zero-order valence-corrected chi connectivity index (χ0v) is 15.9. The fourth-order valence-corrected chi connectivity index (χ4v) is 5.30. The van der Waals surface area contributed by atoms with Gasteiger partial charge in [-0.05, 0) is 24.3 Å². The molecule has 3 heterocycles. The van der Waals surface area contributed by atoms with Gasteiger partial charge in [-0.15, -0.1) is 23.1 Å². The lowest BCUT2D eigenvalue weighted by Crippen LogP contribution is -2.17. The van der Waals surface area contributed by atoms with Crippen LogP contribution >= 0.6 is 23.1 Å². The van der Waals surface area contributed by atoms with Crippen molar-refractivity contribution in [3.05, 3.63) is 47.6 Å². The number of rotatable bonds is 5. The van der Waals surface area contributed by atoms with Crippen molar-refractivity contribution in [1.82, 2.24) is 9.97 Å². The van der Waals surface area contributed by atoms with E-state index in [-0.39, 0.29) is 10.8 Å². The van der Waals surface area contributed by atoms with Crippen molar-refractivity contribution in [1.29, 1.82) is 0 Å². The quantitative estimate of drug-likeness (QED) is 0.624. The SMILES string of the molecule is O=C(O)[C@H]1CSC(c2nc3ccc(OS(=O)(=O)c4ccccn4)cc3s2)=N1. The van der Waals surface area contributed by atoms with Crippen LogP contribution in [-0.4, -0.2) is 46.3 Å². The first-order valence-electron chi connectivity index (χ1n) is 7.62. The second kappa shape index (κ2) is 6.91. The number of fused-ring (bicyclic) bond motifs is 1. The third-order valence-electron chi connectivity index (χ3n) is 3.58. The molecule has 0 spiro atoms. The zero-order chi connectivity index (χ0) is 19.0. The highest BCUT2D eigenvalue weighted by Crippen LogP contribution is 2.32. The Morgan fingerprint density at radius 1 is 1.26 bits per heavy atom. The van der Waals surface area contributed by atoms with Gasteiger partial charge >= 0.3 is 16.1 Å². The van der Waals surface area contributed by atoms with Gasteiger partial charge < -0.3 is 9.29 Å². The monoisotopic (exact) mass is 421 g/mol. The van der Waals surface area contributed by atoms with Gasteiger partial charge in [-0.2, -0.15) is 8.42 Å². The van der Waals surface area contributed by atoms with Crippen molar-refractivity contribution in [2.24, 2.45) is 4.99 Å². The highest BCUT2D eigenvalue weighted by atomic mass is 32.2. The van der Waals surface area contributed by atoms with Crippen LogP contribution in [0.5, 0.6) is 5.75 Å². The van der Waals surface area contributed by atoms with E-state index in [1.807, 2.05) is 0 Å². The Bertz CT molecular complexity index is 1160. The molecule has 11 heteroatoms. The van der Waals surface area contributed by atoms with Crippen molar-refractivity contribution < 1.29 is 22.5 Å². The lowest BCUT2D eigenvalue weighted by Gasteiger charge is -2.05. The zero-order valence-electron chi connectivity index (χ0n) is 13.5. The van der Waals surface area contributed by atoms with Crippen LogP contribution in [0.2, 0.25) is 0 Å². The molecular formula is C16H11N3O5S3. The number of aromatic nitrogens is 2. The van der Waals surface area contributed by atoms with Gasteiger partial charge in [0, 0.05) is 18.0 Å². The summed E-state index contributed by atoms with van der Waals surface area (Å²) in [6, 6.07) is 8.50. The van der Waals surface area contributed by atoms with Crippen molar-refractivity contribution in [2.75, 3.05) is 5.75 Å². The molecule has 1 atom stereocenters. The van der Waals surface area contributed by atoms with Crippen LogP contribution < -0.4 is 4.18 Å². The lowest BCUT2D eigenvalue weighted by atomic mass is 10.3. The molecule has 27 heavy (non-hydrogen) atoms. The summed E-state index contributed by atoms with van der Waals surface area (Å²) >= 11 is 2.64. The summed E-state index contributed by atoms with van der Waals surface area (Å²) in [7, 11) is -4.03. The van der Waals surface area contributed by atoms with Crippen molar-refractivity contribution >= 4 is 54.4 Å². The van der Waals surface area contributed by atoms with Crippen LogP contribution in [0, 0.1) is 0 Å². The lowest BCUT2D eigenvalue weighted by molar-refractivity contribution is -0.137. The van der Waals surface area contributed by atoms with Crippen LogP contribution in [0.25, 0.3) is 10.2 Å². The number of thioether (sulfide) groups is 1. The minimum atomic E-state index is -4.03. The molecule has 0 amide bonds. The molecule has 0 saturated heterocycles. The summed E-state index contributed by atoms with van der Waals surface area (Å²) in [5.74, 6) is -0.445. The fourth-order valence-electron chi connectivity index (χ4n) is 2.33. The van der Waals surface area contributed by atoms with Gasteiger partial charge in [-0.1, -0.05) is 6.07 Å². The molecular weight excluding hydrogens is 410 g/mol. The first-order chi connectivity index (χ1) is 12.9. The van der Waals surface area contributed by atoms with Crippen LogP contribution in [0.3, 0.4) is 0 Å². The van der Waals surface area contributed by atoms with E-state index >= 15 is 0 Å². The molecule has 0 unspecified atom stereocenters. The van der Waals surface area contributed by atoms with E-state index in [2.05, 4.69) is 15.0 Å². The molecule has 0 radical (unpaired) electrons. The number of benzene rings is 1. The summed E-state index contributed by atoms with van der Waals surface area (Å²) in [6.45, 7) is 0. The number of hydrogen-bond acceptors (Lipinski definition) is 9. The van der Waals surface area contributed by atoms with Gasteiger partial charge in [0.15, 0.2) is 11.1 Å². The molecule has 0 bridgehead atoms. The van der Waals surface area contributed by atoms with Gasteiger partial charge in [0.2, 0.25) is 0 Å². The number of thiazole rings is 1. The first kappa shape index (κ1) is 17.9. The minimum absolute atomic E-state index is 0.146. The average Bonchev–Trinajstić information content (AvgIpc) is 3.28. The number of carbonyl (C=O) groups is 1. The standard InChI is InChI=1S/C16H11N3O5S3/c20-16(21)11-8-25-14(19-11)15-18-10-5-4-9(7-12(10)26-15)24-27(22,23)13-3-1-2-6-17-13/h1-7,11H,8H2,(H,20,21)/t11-/m1/s1. The Labute approximate surface area is 162 Å². The molecule has 1 aromatic carbocycles. The first-order valence-corrected chi connectivity index (χ1v) is 10.8. The predicted octanol–water partition coefficient (Wildman–Crippen LogP) is 2.41. The molecule has 0 fully saturated rings. The summed E-state index contributed by atoms with van der Waals surface area (Å²) < 4.78 is 30.4. The van der Waals surface area contributed by atoms with E-state index in [0.717, 1.165) is 0 Å². The maximum Gasteiger partial charge on any atom is 0.356 e. The van der Waals surface area contributed by atoms with Gasteiger partial charge in [0.05, 0.1) is 10.2 Å². The molecule has 2 aromatic heterocycles. The highest BCUT2D eigenvalue weighted by Gasteiger charge is 2.27. The summed E-state index contributed by atoms with van der Waals surface area (Å²) in [6.07, 6.45) is 1.37.